The number of rotatable bonds is 3. The summed E-state index contributed by atoms with van der Waals surface area (Å²) in [5.41, 5.74) is 1.41. The van der Waals surface area contributed by atoms with E-state index >= 15 is 0 Å². The van der Waals surface area contributed by atoms with Gasteiger partial charge >= 0.3 is 0 Å². The molecule has 2 fully saturated rings. The normalized spacial score (nSPS) is 33.8. The van der Waals surface area contributed by atoms with Crippen molar-refractivity contribution in [3.8, 4) is 0 Å². The molecule has 0 saturated heterocycles. The molecule has 2 aliphatic rings. The molecule has 0 aromatic heterocycles. The molecule has 0 amide bonds. The largest absolute Gasteiger partial charge is 0.392 e. The first-order valence-electron chi connectivity index (χ1n) is 8.87. The van der Waals surface area contributed by atoms with Crippen LogP contribution in [0.25, 0.3) is 0 Å². The molecule has 2 saturated carbocycles. The molecule has 4 unspecified atom stereocenters. The van der Waals surface area contributed by atoms with Crippen LogP contribution in [0.4, 0.5) is 0 Å². The molecule has 1 nitrogen and oxygen atoms in total. The number of hydrogen-bond donors (Lipinski definition) is 1. The van der Waals surface area contributed by atoms with Crippen LogP contribution in [-0.4, -0.2) is 11.2 Å². The van der Waals surface area contributed by atoms with Crippen molar-refractivity contribution in [2.24, 2.45) is 17.8 Å². The van der Waals surface area contributed by atoms with Crippen molar-refractivity contribution >= 4 is 0 Å². The fraction of sp³-hybridized carbons (Fsp3) is 0.700. The van der Waals surface area contributed by atoms with Crippen LogP contribution in [0.5, 0.6) is 0 Å². The minimum atomic E-state index is -0.155. The molecule has 0 aliphatic heterocycles. The maximum Gasteiger partial charge on any atom is 0.0664 e. The number of aliphatic hydroxyl groups is 1. The second-order valence-electron chi connectivity index (χ2n) is 7.70. The van der Waals surface area contributed by atoms with E-state index in [-0.39, 0.29) is 11.5 Å². The third-order valence-electron chi connectivity index (χ3n) is 6.50. The minimum absolute atomic E-state index is 0.0340. The summed E-state index contributed by atoms with van der Waals surface area (Å²) in [7, 11) is 0. The number of hydrogen-bond acceptors (Lipinski definition) is 1. The minimum Gasteiger partial charge on any atom is -0.392 e. The summed E-state index contributed by atoms with van der Waals surface area (Å²) >= 11 is 0. The van der Waals surface area contributed by atoms with Crippen molar-refractivity contribution in [2.75, 3.05) is 0 Å². The van der Waals surface area contributed by atoms with Gasteiger partial charge in [0.05, 0.1) is 6.10 Å². The van der Waals surface area contributed by atoms with E-state index in [0.717, 1.165) is 11.8 Å². The first-order valence-corrected chi connectivity index (χ1v) is 8.87. The smallest absolute Gasteiger partial charge is 0.0664 e. The summed E-state index contributed by atoms with van der Waals surface area (Å²) in [4.78, 5) is 0. The zero-order valence-corrected chi connectivity index (χ0v) is 13.6. The molecule has 1 heteroatoms. The third kappa shape index (κ3) is 2.77. The molecule has 3 rings (SSSR count). The Labute approximate surface area is 129 Å². The maximum absolute atomic E-state index is 11.3. The summed E-state index contributed by atoms with van der Waals surface area (Å²) in [6.45, 7) is 4.74. The average molecular weight is 286 g/mol. The van der Waals surface area contributed by atoms with Gasteiger partial charge in [-0.15, -0.1) is 0 Å². The van der Waals surface area contributed by atoms with E-state index in [1.165, 1.54) is 50.5 Å². The summed E-state index contributed by atoms with van der Waals surface area (Å²) in [6.07, 6.45) is 8.41. The molecule has 2 aliphatic carbocycles. The van der Waals surface area contributed by atoms with Crippen LogP contribution in [0.3, 0.4) is 0 Å². The highest BCUT2D eigenvalue weighted by molar-refractivity contribution is 5.29. The standard InChI is InChI=1S/C20H30O/c1-15-10-11-17(14-16(15)2)19(21)20(12-6-7-13-20)18-8-4-3-5-9-18/h3-5,8-9,15-17,19,21H,6-7,10-14H2,1-2H3. The van der Waals surface area contributed by atoms with Gasteiger partial charge < -0.3 is 5.11 Å². The molecule has 116 valence electrons. The second-order valence-corrected chi connectivity index (χ2v) is 7.70. The second kappa shape index (κ2) is 6.12. The van der Waals surface area contributed by atoms with Gasteiger partial charge in [0.2, 0.25) is 0 Å². The molecule has 1 aromatic rings. The summed E-state index contributed by atoms with van der Waals surface area (Å²) in [5, 5.41) is 11.3. The van der Waals surface area contributed by atoms with E-state index in [1.807, 2.05) is 0 Å². The monoisotopic (exact) mass is 286 g/mol. The number of aliphatic hydroxyl groups excluding tert-OH is 1. The van der Waals surface area contributed by atoms with Gasteiger partial charge in [-0.2, -0.15) is 0 Å². The van der Waals surface area contributed by atoms with E-state index in [4.69, 9.17) is 0 Å². The molecule has 0 bridgehead atoms. The van der Waals surface area contributed by atoms with Crippen LogP contribution < -0.4 is 0 Å². The summed E-state index contributed by atoms with van der Waals surface area (Å²) in [6, 6.07) is 10.8. The SMILES string of the molecule is CC1CCC(C(O)C2(c3ccccc3)CCCC2)CC1C. The fourth-order valence-corrected chi connectivity index (χ4v) is 4.86. The van der Waals surface area contributed by atoms with Gasteiger partial charge in [-0.3, -0.25) is 0 Å². The van der Waals surface area contributed by atoms with Crippen molar-refractivity contribution in [3.63, 3.8) is 0 Å². The van der Waals surface area contributed by atoms with E-state index in [2.05, 4.69) is 44.2 Å². The van der Waals surface area contributed by atoms with Gasteiger partial charge in [0.15, 0.2) is 0 Å². The predicted molar refractivity (Wildman–Crippen MR) is 88.3 cm³/mol. The van der Waals surface area contributed by atoms with Crippen molar-refractivity contribution < 1.29 is 5.11 Å². The highest BCUT2D eigenvalue weighted by Crippen LogP contribution is 2.49. The van der Waals surface area contributed by atoms with Crippen LogP contribution in [-0.2, 0) is 5.41 Å². The van der Waals surface area contributed by atoms with Gasteiger partial charge in [-0.25, -0.2) is 0 Å². The first-order chi connectivity index (χ1) is 10.1. The van der Waals surface area contributed by atoms with Crippen LogP contribution >= 0.6 is 0 Å². The Kier molecular flexibility index (Phi) is 4.40. The lowest BCUT2D eigenvalue weighted by molar-refractivity contribution is -0.00239. The third-order valence-corrected chi connectivity index (χ3v) is 6.50. The van der Waals surface area contributed by atoms with E-state index in [0.29, 0.717) is 5.92 Å². The average Bonchev–Trinajstić information content (AvgIpc) is 3.01. The van der Waals surface area contributed by atoms with Gasteiger partial charge in [-0.05, 0) is 49.0 Å². The van der Waals surface area contributed by atoms with Crippen LogP contribution in [0.2, 0.25) is 0 Å². The zero-order valence-electron chi connectivity index (χ0n) is 13.6. The quantitative estimate of drug-likeness (QED) is 0.835. The lowest BCUT2D eigenvalue weighted by Crippen LogP contribution is -2.44. The number of benzene rings is 1. The molecule has 1 N–H and O–H groups in total. The van der Waals surface area contributed by atoms with Crippen LogP contribution in [0.15, 0.2) is 30.3 Å². The Morgan fingerprint density at radius 1 is 1.00 bits per heavy atom. The Balaban J connectivity index is 1.84. The van der Waals surface area contributed by atoms with E-state index in [1.54, 1.807) is 0 Å². The van der Waals surface area contributed by atoms with Crippen molar-refractivity contribution in [1.29, 1.82) is 0 Å². The Morgan fingerprint density at radius 2 is 1.67 bits per heavy atom. The van der Waals surface area contributed by atoms with Gasteiger partial charge in [-0.1, -0.05) is 63.4 Å². The molecule has 0 radical (unpaired) electrons. The van der Waals surface area contributed by atoms with Crippen molar-refractivity contribution in [3.05, 3.63) is 35.9 Å². The molecule has 21 heavy (non-hydrogen) atoms. The van der Waals surface area contributed by atoms with Crippen molar-refractivity contribution in [1.82, 2.24) is 0 Å². The highest BCUT2D eigenvalue weighted by Gasteiger charge is 2.46. The van der Waals surface area contributed by atoms with E-state index < -0.39 is 0 Å². The van der Waals surface area contributed by atoms with Crippen LogP contribution in [0, 0.1) is 17.8 Å². The topological polar surface area (TPSA) is 20.2 Å². The summed E-state index contributed by atoms with van der Waals surface area (Å²) < 4.78 is 0. The lowest BCUT2D eigenvalue weighted by atomic mass is 9.64. The maximum atomic E-state index is 11.3. The molecule has 0 heterocycles. The predicted octanol–water partition coefficient (Wildman–Crippen LogP) is 4.93. The van der Waals surface area contributed by atoms with Gasteiger partial charge in [0, 0.05) is 5.41 Å². The molecule has 1 aromatic carbocycles. The molecular formula is C20H30O. The first kappa shape index (κ1) is 15.1. The Bertz CT molecular complexity index is 446. The van der Waals surface area contributed by atoms with Gasteiger partial charge in [0.25, 0.3) is 0 Å². The van der Waals surface area contributed by atoms with Crippen molar-refractivity contribution in [2.45, 2.75) is 70.3 Å². The summed E-state index contributed by atoms with van der Waals surface area (Å²) in [5.74, 6) is 2.08. The molecular weight excluding hydrogens is 256 g/mol. The Morgan fingerprint density at radius 3 is 2.29 bits per heavy atom. The van der Waals surface area contributed by atoms with E-state index in [9.17, 15) is 5.11 Å². The Hall–Kier alpha value is -0.820. The van der Waals surface area contributed by atoms with Crippen LogP contribution in [0.1, 0.15) is 64.4 Å². The highest BCUT2D eigenvalue weighted by atomic mass is 16.3. The molecule has 0 spiro atoms. The van der Waals surface area contributed by atoms with Gasteiger partial charge in [0.1, 0.15) is 0 Å². The fourth-order valence-electron chi connectivity index (χ4n) is 4.86. The molecule has 4 atom stereocenters. The lowest BCUT2D eigenvalue weighted by Gasteiger charge is -2.43. The zero-order chi connectivity index (χ0) is 14.9.